The third-order valence-electron chi connectivity index (χ3n) is 2.88. The summed E-state index contributed by atoms with van der Waals surface area (Å²) < 4.78 is 0. The van der Waals surface area contributed by atoms with Gasteiger partial charge in [0, 0.05) is 24.7 Å². The highest BCUT2D eigenvalue weighted by Gasteiger charge is 2.20. The van der Waals surface area contributed by atoms with E-state index in [2.05, 4.69) is 13.8 Å². The Kier molecular flexibility index (Phi) is 6.30. The number of carbonyl (C=O) groups is 1. The highest BCUT2D eigenvalue weighted by atomic mass is 35.5. The Bertz CT molecular complexity index is 461. The fourth-order valence-corrected chi connectivity index (χ4v) is 2.06. The molecule has 0 saturated heterocycles. The van der Waals surface area contributed by atoms with Crippen LogP contribution < -0.4 is 0 Å². The molecule has 0 fully saturated rings. The molecule has 1 aromatic rings. The Hall–Kier alpha value is -1.26. The number of hydrogen-bond donors (Lipinski definition) is 1. The van der Waals surface area contributed by atoms with Gasteiger partial charge in [0.05, 0.1) is 5.56 Å². The van der Waals surface area contributed by atoms with Crippen LogP contribution in [0.1, 0.15) is 24.2 Å². The van der Waals surface area contributed by atoms with Crippen molar-refractivity contribution in [2.45, 2.75) is 13.8 Å². The number of nitrogens with zero attached hydrogens (tertiary/aromatic N) is 2. The van der Waals surface area contributed by atoms with Crippen molar-refractivity contribution in [3.05, 3.63) is 28.8 Å². The van der Waals surface area contributed by atoms with E-state index in [1.54, 1.807) is 11.0 Å². The molecule has 0 spiro atoms. The van der Waals surface area contributed by atoms with Gasteiger partial charge in [-0.15, -0.1) is 0 Å². The van der Waals surface area contributed by atoms with Gasteiger partial charge in [0.1, 0.15) is 5.75 Å². The van der Waals surface area contributed by atoms with Crippen LogP contribution in [0.3, 0.4) is 0 Å². The Morgan fingerprint density at radius 2 is 1.95 bits per heavy atom. The quantitative estimate of drug-likeness (QED) is 0.878. The molecule has 0 heterocycles. The number of phenolic OH excluding ortho intramolecular Hbond substituents is 1. The van der Waals surface area contributed by atoms with E-state index in [1.165, 1.54) is 12.1 Å². The Balaban J connectivity index is 2.93. The second-order valence-electron chi connectivity index (χ2n) is 5.61. The summed E-state index contributed by atoms with van der Waals surface area (Å²) in [6, 6.07) is 4.54. The van der Waals surface area contributed by atoms with Crippen LogP contribution >= 0.6 is 11.6 Å². The van der Waals surface area contributed by atoms with Crippen LogP contribution in [0.15, 0.2) is 18.2 Å². The Morgan fingerprint density at radius 1 is 1.30 bits per heavy atom. The molecule has 5 heteroatoms. The molecule has 0 radical (unpaired) electrons. The third-order valence-corrected chi connectivity index (χ3v) is 3.11. The lowest BCUT2D eigenvalue weighted by molar-refractivity contribution is 0.0721. The molecule has 0 saturated carbocycles. The van der Waals surface area contributed by atoms with Gasteiger partial charge >= 0.3 is 0 Å². The molecule has 20 heavy (non-hydrogen) atoms. The van der Waals surface area contributed by atoms with Gasteiger partial charge in [-0.05, 0) is 38.2 Å². The molecule has 0 bridgehead atoms. The lowest BCUT2D eigenvalue weighted by Gasteiger charge is -2.26. The minimum Gasteiger partial charge on any atom is -0.507 e. The molecular weight excluding hydrogens is 276 g/mol. The number of phenols is 1. The number of rotatable bonds is 6. The van der Waals surface area contributed by atoms with Gasteiger partial charge < -0.3 is 14.9 Å². The summed E-state index contributed by atoms with van der Waals surface area (Å²) in [7, 11) is 3.93. The molecule has 4 nitrogen and oxygen atoms in total. The van der Waals surface area contributed by atoms with E-state index in [9.17, 15) is 9.90 Å². The molecule has 112 valence electrons. The van der Waals surface area contributed by atoms with Gasteiger partial charge in [-0.25, -0.2) is 0 Å². The standard InChI is InChI=1S/C15H23ClN2O2/c1-11(2)10-18(8-7-17(3)4)15(20)13-9-12(16)5-6-14(13)19/h5-6,9,11,19H,7-8,10H2,1-4H3. The molecule has 1 rings (SSSR count). The van der Waals surface area contributed by atoms with Crippen LogP contribution in [0, 0.1) is 5.92 Å². The topological polar surface area (TPSA) is 43.8 Å². The van der Waals surface area contributed by atoms with Gasteiger partial charge in [0.2, 0.25) is 0 Å². The first-order valence-corrected chi connectivity index (χ1v) is 7.11. The lowest BCUT2D eigenvalue weighted by Crippen LogP contribution is -2.39. The van der Waals surface area contributed by atoms with E-state index in [0.717, 1.165) is 6.54 Å². The fraction of sp³-hybridized carbons (Fsp3) is 0.533. The van der Waals surface area contributed by atoms with E-state index in [0.29, 0.717) is 24.0 Å². The van der Waals surface area contributed by atoms with E-state index in [-0.39, 0.29) is 17.2 Å². The number of halogens is 1. The van der Waals surface area contributed by atoms with Crippen molar-refractivity contribution in [3.8, 4) is 5.75 Å². The SMILES string of the molecule is CC(C)CN(CCN(C)C)C(=O)c1cc(Cl)ccc1O. The van der Waals surface area contributed by atoms with Crippen molar-refractivity contribution in [2.24, 2.45) is 5.92 Å². The molecule has 0 aliphatic heterocycles. The number of likely N-dealkylation sites (N-methyl/N-ethyl adjacent to an activating group) is 1. The van der Waals surface area contributed by atoms with Crippen molar-refractivity contribution >= 4 is 17.5 Å². The van der Waals surface area contributed by atoms with Crippen molar-refractivity contribution < 1.29 is 9.90 Å². The number of aromatic hydroxyl groups is 1. The number of carbonyl (C=O) groups excluding carboxylic acids is 1. The van der Waals surface area contributed by atoms with Crippen LogP contribution in [-0.4, -0.2) is 54.5 Å². The second-order valence-corrected chi connectivity index (χ2v) is 6.05. The predicted molar refractivity (Wildman–Crippen MR) is 82.4 cm³/mol. The first kappa shape index (κ1) is 16.8. The van der Waals surface area contributed by atoms with Gasteiger partial charge in [-0.2, -0.15) is 0 Å². The molecular formula is C15H23ClN2O2. The summed E-state index contributed by atoms with van der Waals surface area (Å²) in [5.41, 5.74) is 0.261. The predicted octanol–water partition coefficient (Wildman–Crippen LogP) is 2.71. The maximum Gasteiger partial charge on any atom is 0.257 e. The third kappa shape index (κ3) is 5.02. The smallest absolute Gasteiger partial charge is 0.257 e. The van der Waals surface area contributed by atoms with Crippen molar-refractivity contribution in [3.63, 3.8) is 0 Å². The molecule has 1 amide bonds. The van der Waals surface area contributed by atoms with Crippen molar-refractivity contribution in [1.82, 2.24) is 9.80 Å². The number of hydrogen-bond acceptors (Lipinski definition) is 3. The van der Waals surface area contributed by atoms with E-state index in [4.69, 9.17) is 11.6 Å². The lowest BCUT2D eigenvalue weighted by atomic mass is 10.1. The Morgan fingerprint density at radius 3 is 2.50 bits per heavy atom. The van der Waals surface area contributed by atoms with Crippen molar-refractivity contribution in [2.75, 3.05) is 33.7 Å². The van der Waals surface area contributed by atoms with Crippen LogP contribution in [0.5, 0.6) is 5.75 Å². The zero-order valence-electron chi connectivity index (χ0n) is 12.6. The molecule has 0 atom stereocenters. The maximum absolute atomic E-state index is 12.6. The largest absolute Gasteiger partial charge is 0.507 e. The zero-order chi connectivity index (χ0) is 15.3. The van der Waals surface area contributed by atoms with Gasteiger partial charge in [0.15, 0.2) is 0 Å². The Labute approximate surface area is 125 Å². The van der Waals surface area contributed by atoms with E-state index < -0.39 is 0 Å². The van der Waals surface area contributed by atoms with Crippen LogP contribution in [0.25, 0.3) is 0 Å². The minimum absolute atomic E-state index is 0.0296. The van der Waals surface area contributed by atoms with Gasteiger partial charge in [-0.1, -0.05) is 25.4 Å². The number of amides is 1. The average molecular weight is 299 g/mol. The second kappa shape index (κ2) is 7.50. The molecule has 1 aromatic carbocycles. The first-order chi connectivity index (χ1) is 9.31. The fourth-order valence-electron chi connectivity index (χ4n) is 1.89. The molecule has 0 unspecified atom stereocenters. The number of benzene rings is 1. The maximum atomic E-state index is 12.6. The molecule has 0 aliphatic carbocycles. The van der Waals surface area contributed by atoms with E-state index in [1.807, 2.05) is 19.0 Å². The zero-order valence-corrected chi connectivity index (χ0v) is 13.3. The molecule has 1 N–H and O–H groups in total. The van der Waals surface area contributed by atoms with Gasteiger partial charge in [-0.3, -0.25) is 4.79 Å². The van der Waals surface area contributed by atoms with Crippen LogP contribution in [-0.2, 0) is 0 Å². The molecule has 0 aromatic heterocycles. The minimum atomic E-state index is -0.180. The van der Waals surface area contributed by atoms with E-state index >= 15 is 0 Å². The summed E-state index contributed by atoms with van der Waals surface area (Å²) in [6.07, 6.45) is 0. The highest BCUT2D eigenvalue weighted by Crippen LogP contribution is 2.23. The summed E-state index contributed by atoms with van der Waals surface area (Å²) in [4.78, 5) is 16.3. The first-order valence-electron chi connectivity index (χ1n) is 6.73. The van der Waals surface area contributed by atoms with Crippen molar-refractivity contribution in [1.29, 1.82) is 0 Å². The van der Waals surface area contributed by atoms with Gasteiger partial charge in [0.25, 0.3) is 5.91 Å². The summed E-state index contributed by atoms with van der Waals surface area (Å²) in [5.74, 6) is 0.154. The average Bonchev–Trinajstić information content (AvgIpc) is 2.36. The normalized spacial score (nSPS) is 11.2. The summed E-state index contributed by atoms with van der Waals surface area (Å²) in [5, 5.41) is 10.3. The highest BCUT2D eigenvalue weighted by molar-refractivity contribution is 6.31. The van der Waals surface area contributed by atoms with Crippen LogP contribution in [0.2, 0.25) is 5.02 Å². The molecule has 0 aliphatic rings. The monoisotopic (exact) mass is 298 g/mol. The summed E-state index contributed by atoms with van der Waals surface area (Å²) in [6.45, 7) is 6.18. The summed E-state index contributed by atoms with van der Waals surface area (Å²) >= 11 is 5.91. The van der Waals surface area contributed by atoms with Crippen LogP contribution in [0.4, 0.5) is 0 Å².